The summed E-state index contributed by atoms with van der Waals surface area (Å²) >= 11 is 0. The van der Waals surface area contributed by atoms with E-state index in [-0.39, 0.29) is 12.6 Å². The summed E-state index contributed by atoms with van der Waals surface area (Å²) in [6, 6.07) is 0. The summed E-state index contributed by atoms with van der Waals surface area (Å²) in [5.74, 6) is -0.232. The number of carbonyl (C=O) groups excluding carboxylic acids is 1. The fourth-order valence-electron chi connectivity index (χ4n) is 1.13. The summed E-state index contributed by atoms with van der Waals surface area (Å²) < 4.78 is 4.76. The van der Waals surface area contributed by atoms with Crippen LogP contribution in [0.15, 0.2) is 0 Å². The highest BCUT2D eigenvalue weighted by Gasteiger charge is 2.04. The van der Waals surface area contributed by atoms with Gasteiger partial charge in [-0.25, -0.2) is 0 Å². The van der Waals surface area contributed by atoms with E-state index in [2.05, 4.69) is 13.8 Å². The van der Waals surface area contributed by atoms with Crippen molar-refractivity contribution in [2.45, 2.75) is 51.6 Å². The van der Waals surface area contributed by atoms with Gasteiger partial charge in [-0.05, 0) is 13.3 Å². The van der Waals surface area contributed by atoms with Gasteiger partial charge in [-0.1, -0.05) is 32.6 Å². The van der Waals surface area contributed by atoms with Crippen LogP contribution in [-0.2, 0) is 9.53 Å². The summed E-state index contributed by atoms with van der Waals surface area (Å²) in [6.07, 6.45) is 5.23. The Morgan fingerprint density at radius 3 is 2.57 bits per heavy atom. The van der Waals surface area contributed by atoms with Crippen LogP contribution in [0.3, 0.4) is 0 Å². The van der Waals surface area contributed by atoms with Crippen molar-refractivity contribution in [2.24, 2.45) is 0 Å². The van der Waals surface area contributed by atoms with Gasteiger partial charge in [0.1, 0.15) is 6.61 Å². The Morgan fingerprint density at radius 1 is 1.36 bits per heavy atom. The van der Waals surface area contributed by atoms with E-state index in [1.165, 1.54) is 19.3 Å². The van der Waals surface area contributed by atoms with Gasteiger partial charge < -0.3 is 9.84 Å². The van der Waals surface area contributed by atoms with E-state index < -0.39 is 6.10 Å². The van der Waals surface area contributed by atoms with Crippen molar-refractivity contribution < 1.29 is 14.6 Å². The third-order valence-corrected chi connectivity index (χ3v) is 1.92. The molecule has 0 bridgehead atoms. The SMILES string of the molecule is [CH2]C(O)COC(=O)CCCCCCC. The fourth-order valence-corrected chi connectivity index (χ4v) is 1.13. The van der Waals surface area contributed by atoms with E-state index in [4.69, 9.17) is 9.84 Å². The van der Waals surface area contributed by atoms with Gasteiger partial charge in [0.2, 0.25) is 0 Å². The summed E-state index contributed by atoms with van der Waals surface area (Å²) in [5.41, 5.74) is 0. The van der Waals surface area contributed by atoms with Crippen molar-refractivity contribution in [3.63, 3.8) is 0 Å². The minimum Gasteiger partial charge on any atom is -0.463 e. The van der Waals surface area contributed by atoms with Crippen molar-refractivity contribution in [3.8, 4) is 0 Å². The molecule has 0 aromatic rings. The first-order valence-corrected chi connectivity index (χ1v) is 5.33. The number of hydrogen-bond donors (Lipinski definition) is 1. The molecule has 0 saturated heterocycles. The van der Waals surface area contributed by atoms with Crippen molar-refractivity contribution in [1.82, 2.24) is 0 Å². The Kier molecular flexibility index (Phi) is 8.64. The molecule has 14 heavy (non-hydrogen) atoms. The van der Waals surface area contributed by atoms with Crippen LogP contribution in [0.25, 0.3) is 0 Å². The number of rotatable bonds is 8. The zero-order chi connectivity index (χ0) is 10.8. The quantitative estimate of drug-likeness (QED) is 0.483. The van der Waals surface area contributed by atoms with Gasteiger partial charge in [0, 0.05) is 6.42 Å². The summed E-state index contributed by atoms with van der Waals surface area (Å²) in [6.45, 7) is 5.47. The van der Waals surface area contributed by atoms with Crippen molar-refractivity contribution >= 4 is 5.97 Å². The second-order valence-electron chi connectivity index (χ2n) is 3.50. The first-order valence-electron chi connectivity index (χ1n) is 5.33. The predicted octanol–water partition coefficient (Wildman–Crippen LogP) is 2.09. The lowest BCUT2D eigenvalue weighted by atomic mass is 10.1. The van der Waals surface area contributed by atoms with Crippen LogP contribution >= 0.6 is 0 Å². The number of carbonyl (C=O) groups is 1. The highest BCUT2D eigenvalue weighted by Crippen LogP contribution is 2.05. The molecule has 1 unspecified atom stereocenters. The Hall–Kier alpha value is -0.570. The third kappa shape index (κ3) is 9.52. The van der Waals surface area contributed by atoms with E-state index >= 15 is 0 Å². The smallest absolute Gasteiger partial charge is 0.305 e. The van der Waals surface area contributed by atoms with Gasteiger partial charge in [-0.2, -0.15) is 0 Å². The maximum absolute atomic E-state index is 11.0. The number of ether oxygens (including phenoxy) is 1. The van der Waals surface area contributed by atoms with Crippen LogP contribution in [0.1, 0.15) is 45.4 Å². The molecule has 0 rings (SSSR count). The molecule has 3 nitrogen and oxygen atoms in total. The fraction of sp³-hybridized carbons (Fsp3) is 0.818. The molecule has 0 saturated carbocycles. The van der Waals surface area contributed by atoms with E-state index in [1.807, 2.05) is 0 Å². The van der Waals surface area contributed by atoms with Crippen LogP contribution in [-0.4, -0.2) is 23.8 Å². The number of esters is 1. The molecule has 0 aliphatic heterocycles. The molecule has 0 fully saturated rings. The molecule has 0 aliphatic carbocycles. The molecule has 1 radical (unpaired) electrons. The molecule has 0 aromatic heterocycles. The average Bonchev–Trinajstić information content (AvgIpc) is 2.14. The highest BCUT2D eigenvalue weighted by atomic mass is 16.5. The molecule has 0 spiro atoms. The number of aliphatic hydroxyl groups excluding tert-OH is 1. The zero-order valence-electron chi connectivity index (χ0n) is 9.00. The Bertz CT molecular complexity index is 143. The zero-order valence-corrected chi connectivity index (χ0v) is 9.00. The largest absolute Gasteiger partial charge is 0.463 e. The maximum Gasteiger partial charge on any atom is 0.305 e. The molecule has 0 aliphatic rings. The van der Waals surface area contributed by atoms with E-state index in [1.54, 1.807) is 0 Å². The van der Waals surface area contributed by atoms with Gasteiger partial charge in [0.25, 0.3) is 0 Å². The predicted molar refractivity (Wildman–Crippen MR) is 55.7 cm³/mol. The number of unbranched alkanes of at least 4 members (excludes halogenated alkanes) is 4. The Morgan fingerprint density at radius 2 is 2.00 bits per heavy atom. The normalized spacial score (nSPS) is 12.5. The number of aliphatic hydroxyl groups is 1. The van der Waals surface area contributed by atoms with Crippen molar-refractivity contribution in [2.75, 3.05) is 6.61 Å². The summed E-state index contributed by atoms with van der Waals surface area (Å²) in [4.78, 5) is 11.0. The standard InChI is InChI=1S/C11H21O3/c1-3-4-5-6-7-8-11(13)14-9-10(2)12/h10,12H,2-9H2,1H3. The second-order valence-corrected chi connectivity index (χ2v) is 3.50. The van der Waals surface area contributed by atoms with Gasteiger partial charge in [-0.3, -0.25) is 4.79 Å². The minimum atomic E-state index is -0.806. The molecular formula is C11H21O3. The summed E-state index contributed by atoms with van der Waals surface area (Å²) in [7, 11) is 0. The molecule has 0 aromatic carbocycles. The van der Waals surface area contributed by atoms with Gasteiger partial charge in [0.15, 0.2) is 0 Å². The molecule has 83 valence electrons. The molecular weight excluding hydrogens is 180 g/mol. The lowest BCUT2D eigenvalue weighted by Gasteiger charge is -2.06. The Labute approximate surface area is 86.5 Å². The maximum atomic E-state index is 11.0. The topological polar surface area (TPSA) is 46.5 Å². The highest BCUT2D eigenvalue weighted by molar-refractivity contribution is 5.69. The van der Waals surface area contributed by atoms with Crippen molar-refractivity contribution in [3.05, 3.63) is 6.92 Å². The Balaban J connectivity index is 3.18. The molecule has 0 amide bonds. The molecule has 3 heteroatoms. The van der Waals surface area contributed by atoms with E-state index in [9.17, 15) is 4.79 Å². The van der Waals surface area contributed by atoms with E-state index in [0.717, 1.165) is 12.8 Å². The van der Waals surface area contributed by atoms with Gasteiger partial charge in [0.05, 0.1) is 6.10 Å². The van der Waals surface area contributed by atoms with Crippen LogP contribution < -0.4 is 0 Å². The first kappa shape index (κ1) is 13.4. The molecule has 1 atom stereocenters. The monoisotopic (exact) mass is 201 g/mol. The molecule has 0 heterocycles. The third-order valence-electron chi connectivity index (χ3n) is 1.92. The lowest BCUT2D eigenvalue weighted by molar-refractivity contribution is -0.146. The van der Waals surface area contributed by atoms with Gasteiger partial charge >= 0.3 is 5.97 Å². The van der Waals surface area contributed by atoms with Crippen LogP contribution in [0.5, 0.6) is 0 Å². The van der Waals surface area contributed by atoms with Crippen LogP contribution in [0.2, 0.25) is 0 Å². The molecule has 1 N–H and O–H groups in total. The van der Waals surface area contributed by atoms with Gasteiger partial charge in [-0.15, -0.1) is 0 Å². The van der Waals surface area contributed by atoms with Crippen LogP contribution in [0.4, 0.5) is 0 Å². The number of hydrogen-bond acceptors (Lipinski definition) is 3. The minimum absolute atomic E-state index is 0.00773. The first-order chi connectivity index (χ1) is 6.66. The average molecular weight is 201 g/mol. The van der Waals surface area contributed by atoms with Crippen LogP contribution in [0, 0.1) is 6.92 Å². The summed E-state index contributed by atoms with van der Waals surface area (Å²) in [5, 5.41) is 8.75. The van der Waals surface area contributed by atoms with E-state index in [0.29, 0.717) is 6.42 Å². The lowest BCUT2D eigenvalue weighted by Crippen LogP contribution is -2.15. The second kappa shape index (κ2) is 9.00. The van der Waals surface area contributed by atoms with Crippen molar-refractivity contribution in [1.29, 1.82) is 0 Å².